The Kier molecular flexibility index (Phi) is 3.94. The van der Waals surface area contributed by atoms with E-state index in [9.17, 15) is 9.18 Å². The zero-order valence-electron chi connectivity index (χ0n) is 15.2. The Bertz CT molecular complexity index is 1250. The van der Waals surface area contributed by atoms with Crippen molar-refractivity contribution in [3.05, 3.63) is 59.5 Å². The fourth-order valence-corrected chi connectivity index (χ4v) is 3.53. The molecule has 4 heterocycles. The zero-order valence-corrected chi connectivity index (χ0v) is 15.2. The average molecular weight is 389 g/mol. The van der Waals surface area contributed by atoms with Crippen LogP contribution in [0, 0.1) is 5.82 Å². The van der Waals surface area contributed by atoms with E-state index in [-0.39, 0.29) is 18.4 Å². The van der Waals surface area contributed by atoms with E-state index < -0.39 is 0 Å². The van der Waals surface area contributed by atoms with Crippen LogP contribution in [0.4, 0.5) is 16.0 Å². The normalized spacial score (nSPS) is 15.3. The van der Waals surface area contributed by atoms with Gasteiger partial charge in [0.1, 0.15) is 29.4 Å². The van der Waals surface area contributed by atoms with Gasteiger partial charge >= 0.3 is 0 Å². The van der Waals surface area contributed by atoms with E-state index in [0.717, 1.165) is 17.2 Å². The molecule has 0 fully saturated rings. The minimum atomic E-state index is -0.367. The maximum atomic E-state index is 14.1. The van der Waals surface area contributed by atoms with Gasteiger partial charge in [0.05, 0.1) is 18.0 Å². The van der Waals surface area contributed by atoms with Gasteiger partial charge in [-0.1, -0.05) is 18.2 Å². The van der Waals surface area contributed by atoms with Crippen LogP contribution in [0.25, 0.3) is 22.6 Å². The molecule has 1 aromatic carbocycles. The first-order valence-corrected chi connectivity index (χ1v) is 9.07. The van der Waals surface area contributed by atoms with E-state index in [2.05, 4.69) is 25.4 Å². The molecule has 0 saturated heterocycles. The summed E-state index contributed by atoms with van der Waals surface area (Å²) in [6.07, 6.45) is 2.93. The number of nitrogens with one attached hydrogen (secondary N) is 1. The summed E-state index contributed by atoms with van der Waals surface area (Å²) in [7, 11) is 0. The van der Waals surface area contributed by atoms with Crippen LogP contribution >= 0.6 is 0 Å². The van der Waals surface area contributed by atoms with Crippen LogP contribution in [-0.2, 0) is 17.8 Å². The molecule has 0 spiro atoms. The number of aromatic nitrogens is 5. The second kappa shape index (κ2) is 6.62. The Morgan fingerprint density at radius 1 is 1.24 bits per heavy atom. The smallest absolute Gasteiger partial charge is 0.184 e. The molecular weight excluding hydrogens is 373 g/mol. The Hall–Kier alpha value is -3.88. The third-order valence-corrected chi connectivity index (χ3v) is 4.95. The summed E-state index contributed by atoms with van der Waals surface area (Å²) in [6, 6.07) is 9.82. The van der Waals surface area contributed by atoms with E-state index >= 15 is 0 Å². The number of fused-ring (bicyclic) bond motifs is 2. The van der Waals surface area contributed by atoms with Gasteiger partial charge in [0.25, 0.3) is 0 Å². The molecule has 5 rings (SSSR count). The molecular formula is C20H16FN7O. The van der Waals surface area contributed by atoms with Crippen LogP contribution in [0.5, 0.6) is 0 Å². The molecule has 1 aliphatic heterocycles. The van der Waals surface area contributed by atoms with Crippen molar-refractivity contribution in [2.45, 2.75) is 19.0 Å². The first-order valence-electron chi connectivity index (χ1n) is 9.07. The summed E-state index contributed by atoms with van der Waals surface area (Å²) in [6.45, 7) is 0.214. The van der Waals surface area contributed by atoms with E-state index in [1.165, 1.54) is 6.07 Å². The van der Waals surface area contributed by atoms with Crippen molar-refractivity contribution < 1.29 is 9.18 Å². The number of anilines is 2. The molecule has 0 bridgehead atoms. The molecule has 1 unspecified atom stereocenters. The van der Waals surface area contributed by atoms with E-state index in [1.807, 2.05) is 6.07 Å². The van der Waals surface area contributed by atoms with Crippen molar-refractivity contribution in [1.29, 1.82) is 0 Å². The lowest BCUT2D eigenvalue weighted by atomic mass is 10.1. The van der Waals surface area contributed by atoms with Crippen LogP contribution in [0.3, 0.4) is 0 Å². The Balaban J connectivity index is 1.63. The number of hydrogen-bond acceptors (Lipinski definition) is 7. The molecule has 9 heteroatoms. The number of rotatable bonds is 4. The number of carbonyl (C=O) groups excluding carboxylic acids is 1. The van der Waals surface area contributed by atoms with Crippen LogP contribution in [0.2, 0.25) is 0 Å². The Morgan fingerprint density at radius 3 is 2.93 bits per heavy atom. The van der Waals surface area contributed by atoms with Crippen LogP contribution < -0.4 is 11.1 Å². The highest BCUT2D eigenvalue weighted by Crippen LogP contribution is 2.32. The summed E-state index contributed by atoms with van der Waals surface area (Å²) < 4.78 is 15.8. The number of hydrogen-bond donors (Lipinski definition) is 2. The number of nitrogens with zero attached hydrogens (tertiary/aromatic N) is 5. The van der Waals surface area contributed by atoms with Crippen molar-refractivity contribution in [1.82, 2.24) is 24.7 Å². The average Bonchev–Trinajstić information content (AvgIpc) is 3.32. The fraction of sp³-hybridized carbons (Fsp3) is 0.150. The van der Waals surface area contributed by atoms with Crippen molar-refractivity contribution in [3.63, 3.8) is 0 Å². The molecule has 144 valence electrons. The maximum absolute atomic E-state index is 14.1. The summed E-state index contributed by atoms with van der Waals surface area (Å²) in [5, 5.41) is 8.38. The minimum Gasteiger partial charge on any atom is -0.383 e. The Morgan fingerprint density at radius 2 is 2.10 bits per heavy atom. The number of nitrogens with two attached hydrogens (primary N) is 1. The number of halogens is 1. The molecule has 1 aliphatic rings. The van der Waals surface area contributed by atoms with Crippen molar-refractivity contribution in [2.24, 2.45) is 0 Å². The third-order valence-electron chi connectivity index (χ3n) is 4.95. The number of nitrogen functional groups attached to an aromatic ring is 1. The van der Waals surface area contributed by atoms with Crippen LogP contribution in [-0.4, -0.2) is 37.1 Å². The molecule has 8 nitrogen and oxygen atoms in total. The molecule has 3 aromatic heterocycles. The third kappa shape index (κ3) is 2.87. The van der Waals surface area contributed by atoms with Gasteiger partial charge in [-0.25, -0.2) is 24.0 Å². The van der Waals surface area contributed by atoms with E-state index in [1.54, 1.807) is 35.1 Å². The number of carbonyl (C=O) groups is 1. The highest BCUT2D eigenvalue weighted by atomic mass is 19.1. The second-order valence-electron chi connectivity index (χ2n) is 6.82. The molecule has 29 heavy (non-hydrogen) atoms. The predicted octanol–water partition coefficient (Wildman–Crippen LogP) is 2.19. The molecule has 0 saturated carbocycles. The quantitative estimate of drug-likeness (QED) is 0.515. The molecule has 0 amide bonds. The van der Waals surface area contributed by atoms with Gasteiger partial charge in [0.2, 0.25) is 0 Å². The zero-order chi connectivity index (χ0) is 20.0. The van der Waals surface area contributed by atoms with Crippen molar-refractivity contribution in [2.75, 3.05) is 11.1 Å². The summed E-state index contributed by atoms with van der Waals surface area (Å²) in [4.78, 5) is 24.5. The van der Waals surface area contributed by atoms with Crippen LogP contribution in [0.1, 0.15) is 11.1 Å². The van der Waals surface area contributed by atoms with Gasteiger partial charge in [-0.05, 0) is 18.2 Å². The molecule has 0 aliphatic carbocycles. The lowest BCUT2D eigenvalue weighted by Gasteiger charge is -2.05. The Labute approximate surface area is 164 Å². The van der Waals surface area contributed by atoms with Crippen molar-refractivity contribution in [3.8, 4) is 11.5 Å². The lowest BCUT2D eigenvalue weighted by Crippen LogP contribution is -2.16. The topological polar surface area (TPSA) is 112 Å². The van der Waals surface area contributed by atoms with Gasteiger partial charge in [0, 0.05) is 23.7 Å². The predicted molar refractivity (Wildman–Crippen MR) is 106 cm³/mol. The van der Waals surface area contributed by atoms with Gasteiger partial charge in [-0.15, -0.1) is 0 Å². The lowest BCUT2D eigenvalue weighted by molar-refractivity contribution is -0.108. The summed E-state index contributed by atoms with van der Waals surface area (Å²) in [5.41, 5.74) is 8.42. The molecule has 3 N–H and O–H groups in total. The SMILES string of the molecule is Nc1nc(-c2nn(Cc3ccccc3F)c3ncccc23)nc2c1CC(C=O)N2. The molecule has 1 atom stereocenters. The van der Waals surface area contributed by atoms with Gasteiger partial charge in [0.15, 0.2) is 11.5 Å². The first kappa shape index (κ1) is 17.2. The monoisotopic (exact) mass is 389 g/mol. The van der Waals surface area contributed by atoms with Crippen molar-refractivity contribution >= 4 is 29.0 Å². The number of pyridine rings is 1. The van der Waals surface area contributed by atoms with Gasteiger partial charge in [-0.2, -0.15) is 5.10 Å². The van der Waals surface area contributed by atoms with Gasteiger partial charge < -0.3 is 15.8 Å². The molecule has 0 radical (unpaired) electrons. The summed E-state index contributed by atoms with van der Waals surface area (Å²) >= 11 is 0. The largest absolute Gasteiger partial charge is 0.383 e. The second-order valence-corrected chi connectivity index (χ2v) is 6.82. The minimum absolute atomic E-state index is 0.214. The highest BCUT2D eigenvalue weighted by molar-refractivity contribution is 5.90. The first-order chi connectivity index (χ1) is 14.1. The van der Waals surface area contributed by atoms with Crippen LogP contribution in [0.15, 0.2) is 42.6 Å². The summed E-state index contributed by atoms with van der Waals surface area (Å²) in [5.74, 6) is 0.856. The fourth-order valence-electron chi connectivity index (χ4n) is 3.53. The van der Waals surface area contributed by atoms with Gasteiger partial charge in [-0.3, -0.25) is 0 Å². The standard InChI is InChI=1S/C20H16FN7O/c21-15-6-2-1-4-11(15)9-28-20-13(5-3-7-23-20)16(27-28)19-25-17(22)14-8-12(10-29)24-18(14)26-19/h1-7,10,12H,8-9H2,(H3,22,24,25,26). The van der Waals surface area contributed by atoms with E-state index in [0.29, 0.717) is 40.8 Å². The highest BCUT2D eigenvalue weighted by Gasteiger charge is 2.27. The molecule has 4 aromatic rings. The van der Waals surface area contributed by atoms with E-state index in [4.69, 9.17) is 5.73 Å². The number of benzene rings is 1. The number of aldehydes is 1. The maximum Gasteiger partial charge on any atom is 0.184 e.